The Labute approximate surface area is 396 Å². The van der Waals surface area contributed by atoms with Crippen molar-refractivity contribution in [1.29, 1.82) is 0 Å². The number of aryl methyl sites for hydroxylation is 4. The molecule has 5 aromatic heterocycles. The van der Waals surface area contributed by atoms with Crippen LogP contribution in [-0.4, -0.2) is 38.3 Å². The van der Waals surface area contributed by atoms with Gasteiger partial charge in [-0.15, -0.1) is 22.7 Å². The monoisotopic (exact) mass is 1150 g/mol. The van der Waals surface area contributed by atoms with Crippen LogP contribution in [0.15, 0.2) is 61.5 Å². The van der Waals surface area contributed by atoms with Crippen LogP contribution in [0.2, 0.25) is 33.4 Å². The summed E-state index contributed by atoms with van der Waals surface area (Å²) < 4.78 is 8.02. The van der Waals surface area contributed by atoms with Gasteiger partial charge in [-0.3, -0.25) is 0 Å². The molecule has 0 bridgehead atoms. The maximum atomic E-state index is 6.69. The summed E-state index contributed by atoms with van der Waals surface area (Å²) in [5, 5.41) is 8.31. The number of unbranched alkanes of at least 4 members (excludes halogenated alkanes) is 3. The molecule has 2 aromatic carbocycles. The van der Waals surface area contributed by atoms with Crippen molar-refractivity contribution in [3.63, 3.8) is 0 Å². The quantitative estimate of drug-likeness (QED) is 0.0695. The predicted molar refractivity (Wildman–Crippen MR) is 269 cm³/mol. The van der Waals surface area contributed by atoms with Crippen molar-refractivity contribution in [2.75, 3.05) is 0 Å². The van der Waals surface area contributed by atoms with Gasteiger partial charge < -0.3 is 0 Å². The fraction of sp³-hybridized carbons (Fsp3) is 0.364. The molecule has 0 saturated carbocycles. The van der Waals surface area contributed by atoms with E-state index < -0.39 is 18.4 Å². The molecule has 308 valence electrons. The molecule has 0 N–H and O–H groups in total. The average Bonchev–Trinajstić information content (AvgIpc) is 4.05. The van der Waals surface area contributed by atoms with Gasteiger partial charge in [0.15, 0.2) is 0 Å². The van der Waals surface area contributed by atoms with Crippen LogP contribution in [0, 0.1) is 27.7 Å². The van der Waals surface area contributed by atoms with Gasteiger partial charge in [0.2, 0.25) is 0 Å². The van der Waals surface area contributed by atoms with E-state index in [1.165, 1.54) is 38.5 Å². The summed E-state index contributed by atoms with van der Waals surface area (Å²) in [6.45, 7) is 14.8. The van der Waals surface area contributed by atoms with Gasteiger partial charge in [-0.25, -0.2) is 19.9 Å². The average molecular weight is 1150 g/mol. The Kier molecular flexibility index (Phi) is 18.7. The standard InChI is InChI=1S/C18H12Cl2N2S2.C10H6Br2Cl2N2.C4H3S.3C4H9.Sn/c1-9-10(2)22-18-14(12-6-4-8-24-12)16(20)15(19)13(17(18)21-9)11-5-3-7-23-11;1-3-4(2)16-10-6(12)8(14)7(13)5(11)9(10)15-3;1-2-4-5-3-1;3*1-3-4-2;/h3-8H,1-2H3;1-2H3;1-3H;3*1,3-4H2,2H3;. The summed E-state index contributed by atoms with van der Waals surface area (Å²) in [7, 11) is 0. The Hall–Kier alpha value is -0.861. The summed E-state index contributed by atoms with van der Waals surface area (Å²) in [5.74, 6) is 0. The Balaban J connectivity index is 0.000000170. The van der Waals surface area contributed by atoms with E-state index in [0.717, 1.165) is 54.7 Å². The van der Waals surface area contributed by atoms with Crippen LogP contribution in [0.25, 0.3) is 42.9 Å². The number of rotatable bonds is 12. The molecular weight excluding hydrogens is 1100 g/mol. The van der Waals surface area contributed by atoms with Crippen LogP contribution >= 0.6 is 112 Å². The number of hydrogen-bond donors (Lipinski definition) is 0. The van der Waals surface area contributed by atoms with Crippen molar-refractivity contribution in [3.8, 4) is 20.9 Å². The van der Waals surface area contributed by atoms with Crippen LogP contribution in [0.3, 0.4) is 0 Å². The fourth-order valence-corrected chi connectivity index (χ4v) is 30.5. The van der Waals surface area contributed by atoms with E-state index in [9.17, 15) is 0 Å². The first-order chi connectivity index (χ1) is 27.8. The molecule has 0 aliphatic carbocycles. The molecule has 5 heterocycles. The molecule has 0 aliphatic heterocycles. The van der Waals surface area contributed by atoms with Gasteiger partial charge in [-0.1, -0.05) is 58.5 Å². The first-order valence-corrected chi connectivity index (χ1v) is 32.8. The molecule has 0 fully saturated rings. The van der Waals surface area contributed by atoms with Crippen LogP contribution < -0.4 is 2.89 Å². The van der Waals surface area contributed by atoms with Crippen LogP contribution in [-0.2, 0) is 0 Å². The maximum Gasteiger partial charge on any atom is 0.106 e. The molecule has 0 atom stereocenters. The smallest absolute Gasteiger partial charge is 0.106 e. The van der Waals surface area contributed by atoms with Gasteiger partial charge in [0.05, 0.1) is 62.8 Å². The molecule has 7 rings (SSSR count). The number of benzene rings is 2. The Bertz CT molecular complexity index is 2290. The first kappa shape index (κ1) is 48.2. The van der Waals surface area contributed by atoms with Crippen molar-refractivity contribution in [3.05, 3.63) is 104 Å². The predicted octanol–water partition coefficient (Wildman–Crippen LogP) is 17.9. The third-order valence-corrected chi connectivity index (χ3v) is 35.1. The second kappa shape index (κ2) is 22.5. The van der Waals surface area contributed by atoms with Crippen molar-refractivity contribution >= 4 is 156 Å². The van der Waals surface area contributed by atoms with E-state index in [2.05, 4.69) is 91.4 Å². The van der Waals surface area contributed by atoms with Crippen LogP contribution in [0.4, 0.5) is 0 Å². The second-order valence-electron chi connectivity index (χ2n) is 14.3. The molecule has 7 aromatic rings. The number of nitrogens with zero attached hydrogens (tertiary/aromatic N) is 4. The van der Waals surface area contributed by atoms with Gasteiger partial charge in [-0.2, -0.15) is 0 Å². The van der Waals surface area contributed by atoms with Gasteiger partial charge in [0.25, 0.3) is 0 Å². The third kappa shape index (κ3) is 11.0. The summed E-state index contributed by atoms with van der Waals surface area (Å²) in [6.07, 6.45) is 8.55. The second-order valence-corrected chi connectivity index (χ2v) is 34.4. The van der Waals surface area contributed by atoms with E-state index in [4.69, 9.17) is 56.4 Å². The van der Waals surface area contributed by atoms with E-state index in [-0.39, 0.29) is 0 Å². The molecule has 0 aliphatic rings. The molecular formula is C44H48Br2Cl4N4S3Sn. The van der Waals surface area contributed by atoms with E-state index >= 15 is 0 Å². The number of halogens is 6. The van der Waals surface area contributed by atoms with Gasteiger partial charge in [0, 0.05) is 20.9 Å². The number of aromatic nitrogens is 4. The molecule has 0 saturated heterocycles. The number of hydrogen-bond acceptors (Lipinski definition) is 7. The van der Waals surface area contributed by atoms with Crippen molar-refractivity contribution in [2.24, 2.45) is 0 Å². The van der Waals surface area contributed by atoms with Crippen LogP contribution in [0.1, 0.15) is 82.1 Å². The Morgan fingerprint density at radius 1 is 0.500 bits per heavy atom. The van der Waals surface area contributed by atoms with E-state index in [1.54, 1.807) is 36.0 Å². The van der Waals surface area contributed by atoms with Crippen molar-refractivity contribution in [1.82, 2.24) is 19.9 Å². The summed E-state index contributed by atoms with van der Waals surface area (Å²) in [4.78, 5) is 20.6. The van der Waals surface area contributed by atoms with Crippen molar-refractivity contribution < 1.29 is 0 Å². The van der Waals surface area contributed by atoms with Gasteiger partial charge in [0.1, 0.15) is 11.0 Å². The largest absolute Gasteiger partial charge is 0.249 e. The Morgan fingerprint density at radius 2 is 0.845 bits per heavy atom. The molecule has 4 nitrogen and oxygen atoms in total. The molecule has 0 radical (unpaired) electrons. The number of fused-ring (bicyclic) bond motifs is 2. The first-order valence-electron chi connectivity index (χ1n) is 19.5. The van der Waals surface area contributed by atoms with Crippen molar-refractivity contribution in [2.45, 2.75) is 100 Å². The van der Waals surface area contributed by atoms with E-state index in [1.807, 2.05) is 65.6 Å². The Morgan fingerprint density at radius 3 is 1.16 bits per heavy atom. The molecule has 0 unspecified atom stereocenters. The molecule has 0 amide bonds. The SMILES string of the molecule is CCC[CH2][Sn]([CH2]CCC)([CH2]CCC)[c]1cccs1.Cc1nc2c(-c3cccs3)c(Cl)c(Cl)c(-c3cccs3)c2nc1C.Cc1nc2c(Br)c(Cl)c(Cl)c(Br)c2nc1C. The van der Waals surface area contributed by atoms with Gasteiger partial charge in [-0.05, 0) is 82.4 Å². The zero-order chi connectivity index (χ0) is 42.1. The summed E-state index contributed by atoms with van der Waals surface area (Å²) >= 11 is 35.6. The maximum absolute atomic E-state index is 6.69. The molecule has 58 heavy (non-hydrogen) atoms. The minimum absolute atomic E-state index is 0.443. The third-order valence-electron chi connectivity index (χ3n) is 10.3. The van der Waals surface area contributed by atoms with Crippen LogP contribution in [0.5, 0.6) is 0 Å². The minimum Gasteiger partial charge on any atom is -0.249 e. The number of thiophene rings is 3. The zero-order valence-corrected chi connectivity index (χ0v) is 45.3. The fourth-order valence-electron chi connectivity index (χ4n) is 6.85. The van der Waals surface area contributed by atoms with E-state index in [0.29, 0.717) is 40.1 Å². The zero-order valence-electron chi connectivity index (χ0n) is 33.8. The summed E-state index contributed by atoms with van der Waals surface area (Å²) in [5.41, 5.74) is 8.30. The minimum atomic E-state index is -2.01. The normalized spacial score (nSPS) is 11.5. The summed E-state index contributed by atoms with van der Waals surface area (Å²) in [6, 6.07) is 12.8. The van der Waals surface area contributed by atoms with Gasteiger partial charge >= 0.3 is 123 Å². The molecule has 14 heteroatoms. The topological polar surface area (TPSA) is 51.6 Å². The molecule has 0 spiro atoms.